The van der Waals surface area contributed by atoms with Crippen molar-refractivity contribution < 1.29 is 0 Å². The molecular weight excluding hydrogens is 204 g/mol. The van der Waals surface area contributed by atoms with E-state index in [2.05, 4.69) is 45.6 Å². The summed E-state index contributed by atoms with van der Waals surface area (Å²) in [5, 5.41) is 0. The van der Waals surface area contributed by atoms with E-state index in [4.69, 9.17) is 11.6 Å². The molecule has 0 atom stereocenters. The normalized spacial score (nSPS) is 9.67. The molecule has 15 heavy (non-hydrogen) atoms. The van der Waals surface area contributed by atoms with Crippen LogP contribution in [0.2, 0.25) is 0 Å². The summed E-state index contributed by atoms with van der Waals surface area (Å²) in [5.41, 5.74) is 6.39. The van der Waals surface area contributed by atoms with Gasteiger partial charge in [-0.3, -0.25) is 0 Å². The highest BCUT2D eigenvalue weighted by molar-refractivity contribution is 6.18. The number of hydrogen-bond acceptors (Lipinski definition) is 0. The smallest absolute Gasteiger partial charge is 0.0333 e. The topological polar surface area (TPSA) is 0 Å². The third kappa shape index (κ3) is 2.76. The summed E-state index contributed by atoms with van der Waals surface area (Å²) in [6.45, 7) is 8.53. The van der Waals surface area contributed by atoms with Crippen LogP contribution in [0.25, 0.3) is 0 Å². The van der Waals surface area contributed by atoms with E-state index in [0.717, 1.165) is 6.42 Å². The molecule has 0 saturated carbocycles. The molecular formula is C14H17Cl. The molecule has 0 bridgehead atoms. The highest BCUT2D eigenvalue weighted by Crippen LogP contribution is 2.20. The van der Waals surface area contributed by atoms with Gasteiger partial charge in [0.15, 0.2) is 0 Å². The Bertz CT molecular complexity index is 393. The molecule has 80 valence electrons. The Morgan fingerprint density at radius 1 is 1.07 bits per heavy atom. The van der Waals surface area contributed by atoms with E-state index in [1.54, 1.807) is 0 Å². The van der Waals surface area contributed by atoms with E-state index >= 15 is 0 Å². The maximum absolute atomic E-state index is 5.61. The highest BCUT2D eigenvalue weighted by Gasteiger charge is 2.05. The molecule has 0 aliphatic heterocycles. The molecule has 0 amide bonds. The molecule has 0 heterocycles. The van der Waals surface area contributed by atoms with Gasteiger partial charge in [-0.25, -0.2) is 0 Å². The number of halogens is 1. The number of rotatable bonds is 1. The van der Waals surface area contributed by atoms with Gasteiger partial charge in [0.05, 0.1) is 0 Å². The molecule has 0 aromatic heterocycles. The van der Waals surface area contributed by atoms with Crippen molar-refractivity contribution in [2.24, 2.45) is 0 Å². The van der Waals surface area contributed by atoms with Gasteiger partial charge in [-0.1, -0.05) is 17.9 Å². The van der Waals surface area contributed by atoms with Gasteiger partial charge in [0, 0.05) is 17.9 Å². The molecule has 0 aliphatic carbocycles. The van der Waals surface area contributed by atoms with Gasteiger partial charge >= 0.3 is 0 Å². The van der Waals surface area contributed by atoms with Crippen molar-refractivity contribution in [2.45, 2.75) is 34.1 Å². The quantitative estimate of drug-likeness (QED) is 0.498. The minimum absolute atomic E-state index is 0.607. The second-order valence-corrected chi connectivity index (χ2v) is 4.25. The monoisotopic (exact) mass is 220 g/mol. The van der Waals surface area contributed by atoms with Crippen LogP contribution in [0.1, 0.15) is 34.2 Å². The molecule has 0 unspecified atom stereocenters. The fourth-order valence-corrected chi connectivity index (χ4v) is 1.70. The third-order valence-electron chi connectivity index (χ3n) is 2.80. The van der Waals surface area contributed by atoms with Crippen molar-refractivity contribution in [1.82, 2.24) is 0 Å². The summed E-state index contributed by atoms with van der Waals surface area (Å²) in [4.78, 5) is 0. The fraction of sp³-hybridized carbons (Fsp3) is 0.429. The van der Waals surface area contributed by atoms with Crippen LogP contribution in [-0.2, 0) is 0 Å². The molecule has 1 rings (SSSR count). The first-order chi connectivity index (χ1) is 7.07. The van der Waals surface area contributed by atoms with Crippen LogP contribution in [0.4, 0.5) is 0 Å². The minimum Gasteiger partial charge on any atom is -0.126 e. The molecule has 0 nitrogen and oxygen atoms in total. The van der Waals surface area contributed by atoms with Crippen LogP contribution in [0.3, 0.4) is 0 Å². The van der Waals surface area contributed by atoms with Crippen LogP contribution in [-0.4, -0.2) is 5.88 Å². The Balaban J connectivity index is 3.23. The van der Waals surface area contributed by atoms with Gasteiger partial charge < -0.3 is 0 Å². The van der Waals surface area contributed by atoms with E-state index in [-0.39, 0.29) is 0 Å². The number of benzene rings is 1. The van der Waals surface area contributed by atoms with Crippen molar-refractivity contribution in [2.75, 3.05) is 5.88 Å². The third-order valence-corrected chi connectivity index (χ3v) is 2.99. The van der Waals surface area contributed by atoms with E-state index in [0.29, 0.717) is 5.88 Å². The molecule has 0 fully saturated rings. The fourth-order valence-electron chi connectivity index (χ4n) is 1.60. The molecule has 0 spiro atoms. The summed E-state index contributed by atoms with van der Waals surface area (Å²) in [5.74, 6) is 6.94. The van der Waals surface area contributed by atoms with Crippen molar-refractivity contribution in [3.63, 3.8) is 0 Å². The first kappa shape index (κ1) is 12.1. The Morgan fingerprint density at radius 2 is 1.60 bits per heavy atom. The van der Waals surface area contributed by atoms with Gasteiger partial charge in [-0.05, 0) is 49.9 Å². The van der Waals surface area contributed by atoms with Gasteiger partial charge in [0.2, 0.25) is 0 Å². The zero-order chi connectivity index (χ0) is 11.4. The first-order valence-electron chi connectivity index (χ1n) is 5.20. The molecule has 1 aromatic rings. The highest BCUT2D eigenvalue weighted by atomic mass is 35.5. The first-order valence-corrected chi connectivity index (χ1v) is 5.73. The molecule has 1 heteroatoms. The van der Waals surface area contributed by atoms with E-state index in [1.165, 1.54) is 27.8 Å². The maximum Gasteiger partial charge on any atom is 0.0333 e. The van der Waals surface area contributed by atoms with Crippen LogP contribution < -0.4 is 0 Å². The van der Waals surface area contributed by atoms with E-state index in [9.17, 15) is 0 Å². The molecule has 0 saturated heterocycles. The molecule has 0 aliphatic rings. The summed E-state index contributed by atoms with van der Waals surface area (Å²) < 4.78 is 0. The van der Waals surface area contributed by atoms with Gasteiger partial charge in [0.1, 0.15) is 0 Å². The second-order valence-electron chi connectivity index (χ2n) is 3.88. The lowest BCUT2D eigenvalue weighted by molar-refractivity contribution is 1.22. The van der Waals surface area contributed by atoms with Crippen molar-refractivity contribution in [3.05, 3.63) is 33.9 Å². The lowest BCUT2D eigenvalue weighted by atomic mass is 9.94. The lowest BCUT2D eigenvalue weighted by Gasteiger charge is -2.10. The van der Waals surface area contributed by atoms with Crippen LogP contribution >= 0.6 is 11.6 Å². The zero-order valence-electron chi connectivity index (χ0n) is 9.87. The summed E-state index contributed by atoms with van der Waals surface area (Å²) in [6.07, 6.45) is 0.757. The summed E-state index contributed by atoms with van der Waals surface area (Å²) >= 11 is 5.61. The largest absolute Gasteiger partial charge is 0.126 e. The van der Waals surface area contributed by atoms with Crippen molar-refractivity contribution in [1.29, 1.82) is 0 Å². The van der Waals surface area contributed by atoms with Crippen molar-refractivity contribution >= 4 is 11.6 Å². The van der Waals surface area contributed by atoms with E-state index in [1.807, 2.05) is 0 Å². The average molecular weight is 221 g/mol. The summed E-state index contributed by atoms with van der Waals surface area (Å²) in [6, 6.07) is 2.22. The van der Waals surface area contributed by atoms with Gasteiger partial charge in [-0.2, -0.15) is 0 Å². The van der Waals surface area contributed by atoms with Crippen molar-refractivity contribution in [3.8, 4) is 11.8 Å². The Kier molecular flexibility index (Phi) is 4.24. The SMILES string of the molecule is Cc1cc(C)c(C)c(C#CCCCl)c1C. The van der Waals surface area contributed by atoms with Gasteiger partial charge in [0.25, 0.3) is 0 Å². The Hall–Kier alpha value is -0.930. The summed E-state index contributed by atoms with van der Waals surface area (Å²) in [7, 11) is 0. The number of aryl methyl sites for hydroxylation is 2. The number of hydrogen-bond donors (Lipinski definition) is 0. The zero-order valence-corrected chi connectivity index (χ0v) is 10.6. The lowest BCUT2D eigenvalue weighted by Crippen LogP contribution is -1.95. The minimum atomic E-state index is 0.607. The van der Waals surface area contributed by atoms with Crippen LogP contribution in [0, 0.1) is 39.5 Å². The van der Waals surface area contributed by atoms with Crippen LogP contribution in [0.5, 0.6) is 0 Å². The average Bonchev–Trinajstić information content (AvgIpc) is 2.20. The second kappa shape index (κ2) is 5.24. The molecule has 0 radical (unpaired) electrons. The van der Waals surface area contributed by atoms with Gasteiger partial charge in [-0.15, -0.1) is 11.6 Å². The standard InChI is InChI=1S/C14H17Cl/c1-10-9-11(2)13(4)14(12(10)3)7-5-6-8-15/h9H,6,8H2,1-4H3. The maximum atomic E-state index is 5.61. The molecule has 0 N–H and O–H groups in total. The predicted molar refractivity (Wildman–Crippen MR) is 67.6 cm³/mol. The number of alkyl halides is 1. The molecule has 1 aromatic carbocycles. The Labute approximate surface area is 97.7 Å². The predicted octanol–water partition coefficient (Wildman–Crippen LogP) is 3.90. The van der Waals surface area contributed by atoms with Crippen LogP contribution in [0.15, 0.2) is 6.07 Å². The Morgan fingerprint density at radius 3 is 2.07 bits per heavy atom. The van der Waals surface area contributed by atoms with E-state index < -0.39 is 0 Å².